The van der Waals surface area contributed by atoms with Gasteiger partial charge in [0.25, 0.3) is 0 Å². The molecule has 2 aliphatic rings. The number of carbonyl (C=O) groups is 2. The molecule has 0 spiro atoms. The zero-order valence-electron chi connectivity index (χ0n) is 13.6. The van der Waals surface area contributed by atoms with Crippen molar-refractivity contribution in [2.45, 2.75) is 12.8 Å². The van der Waals surface area contributed by atoms with Crippen molar-refractivity contribution in [1.82, 2.24) is 15.1 Å². The quantitative estimate of drug-likeness (QED) is 0.728. The van der Waals surface area contributed by atoms with Crippen LogP contribution in [0.25, 0.3) is 0 Å². The van der Waals surface area contributed by atoms with E-state index in [1.807, 2.05) is 4.90 Å². The van der Waals surface area contributed by atoms with Gasteiger partial charge in [-0.1, -0.05) is 0 Å². The predicted molar refractivity (Wildman–Crippen MR) is 81.4 cm³/mol. The minimum Gasteiger partial charge on any atom is -0.384 e. The third-order valence-electron chi connectivity index (χ3n) is 4.62. The van der Waals surface area contributed by atoms with Gasteiger partial charge in [0.05, 0.1) is 12.0 Å². The highest BCUT2D eigenvalue weighted by Crippen LogP contribution is 2.32. The average molecular weight is 313 g/mol. The molecule has 0 aromatic rings. The lowest BCUT2D eigenvalue weighted by atomic mass is 9.78. The van der Waals surface area contributed by atoms with Crippen LogP contribution in [-0.4, -0.2) is 88.3 Å². The Morgan fingerprint density at radius 3 is 2.14 bits per heavy atom. The first-order valence-corrected chi connectivity index (χ1v) is 7.89. The van der Waals surface area contributed by atoms with Crippen LogP contribution >= 0.6 is 0 Å². The second-order valence-corrected chi connectivity index (χ2v) is 6.07. The fraction of sp³-hybridized carbons (Fsp3) is 0.867. The summed E-state index contributed by atoms with van der Waals surface area (Å²) in [6, 6.07) is 0. The monoisotopic (exact) mass is 313 g/mol. The molecule has 0 radical (unpaired) electrons. The molecule has 2 rings (SSSR count). The van der Waals surface area contributed by atoms with Gasteiger partial charge in [0.1, 0.15) is 6.61 Å². The first-order chi connectivity index (χ1) is 10.6. The molecule has 0 atom stereocenters. The van der Waals surface area contributed by atoms with Crippen LogP contribution in [0.5, 0.6) is 0 Å². The van der Waals surface area contributed by atoms with E-state index in [-0.39, 0.29) is 18.4 Å². The minimum absolute atomic E-state index is 0.0110. The molecule has 2 saturated heterocycles. The van der Waals surface area contributed by atoms with Gasteiger partial charge in [0.2, 0.25) is 11.8 Å². The summed E-state index contributed by atoms with van der Waals surface area (Å²) in [6.07, 6.45) is 1.62. The van der Waals surface area contributed by atoms with Crippen LogP contribution < -0.4 is 5.32 Å². The van der Waals surface area contributed by atoms with E-state index in [4.69, 9.17) is 9.47 Å². The first-order valence-electron chi connectivity index (χ1n) is 7.89. The van der Waals surface area contributed by atoms with Gasteiger partial charge in [-0.15, -0.1) is 0 Å². The van der Waals surface area contributed by atoms with Crippen LogP contribution in [0.2, 0.25) is 0 Å². The SMILES string of the molecule is COCC(=O)N1CCN(C(=O)C2(COC)CCNCC2)CC1. The van der Waals surface area contributed by atoms with Crippen molar-refractivity contribution in [2.75, 3.05) is 66.7 Å². The van der Waals surface area contributed by atoms with Gasteiger partial charge in [0.15, 0.2) is 0 Å². The Balaban J connectivity index is 1.94. The van der Waals surface area contributed by atoms with E-state index in [0.29, 0.717) is 32.8 Å². The first kappa shape index (κ1) is 17.2. The van der Waals surface area contributed by atoms with Crippen LogP contribution in [0, 0.1) is 5.41 Å². The van der Waals surface area contributed by atoms with Crippen molar-refractivity contribution in [1.29, 1.82) is 0 Å². The Kier molecular flexibility index (Phi) is 6.16. The molecule has 7 heteroatoms. The molecule has 2 aliphatic heterocycles. The van der Waals surface area contributed by atoms with E-state index in [1.54, 1.807) is 12.0 Å². The van der Waals surface area contributed by atoms with Crippen molar-refractivity contribution in [3.63, 3.8) is 0 Å². The van der Waals surface area contributed by atoms with Crippen LogP contribution in [0.15, 0.2) is 0 Å². The summed E-state index contributed by atoms with van der Waals surface area (Å²) in [6.45, 7) is 4.61. The maximum absolute atomic E-state index is 13.0. The maximum atomic E-state index is 13.0. The molecule has 0 aromatic carbocycles. The van der Waals surface area contributed by atoms with Gasteiger partial charge in [-0.2, -0.15) is 0 Å². The molecule has 126 valence electrons. The summed E-state index contributed by atoms with van der Waals surface area (Å²) >= 11 is 0. The standard InChI is InChI=1S/C15H27N3O4/c1-21-11-13(19)17-7-9-18(10-8-17)14(20)15(12-22-2)3-5-16-6-4-15/h16H,3-12H2,1-2H3. The smallest absolute Gasteiger partial charge is 0.248 e. The molecular weight excluding hydrogens is 286 g/mol. The third-order valence-corrected chi connectivity index (χ3v) is 4.62. The normalized spacial score (nSPS) is 21.7. The molecule has 0 bridgehead atoms. The lowest BCUT2D eigenvalue weighted by Gasteiger charge is -2.42. The molecule has 2 heterocycles. The number of piperidine rings is 1. The van der Waals surface area contributed by atoms with Gasteiger partial charge in [0, 0.05) is 40.4 Å². The Labute approximate surface area is 131 Å². The van der Waals surface area contributed by atoms with Gasteiger partial charge < -0.3 is 24.6 Å². The summed E-state index contributed by atoms with van der Waals surface area (Å²) < 4.78 is 10.2. The predicted octanol–water partition coefficient (Wildman–Crippen LogP) is -0.680. The van der Waals surface area contributed by atoms with E-state index in [2.05, 4.69) is 5.32 Å². The number of nitrogens with one attached hydrogen (secondary N) is 1. The Bertz CT molecular complexity index is 383. The molecule has 0 aliphatic carbocycles. The molecule has 2 amide bonds. The molecule has 0 saturated carbocycles. The maximum Gasteiger partial charge on any atom is 0.248 e. The fourth-order valence-corrected chi connectivity index (χ4v) is 3.31. The number of nitrogens with zero attached hydrogens (tertiary/aromatic N) is 2. The number of methoxy groups -OCH3 is 2. The topological polar surface area (TPSA) is 71.1 Å². The van der Waals surface area contributed by atoms with Crippen molar-refractivity contribution in [2.24, 2.45) is 5.41 Å². The molecule has 2 fully saturated rings. The van der Waals surface area contributed by atoms with E-state index in [9.17, 15) is 9.59 Å². The zero-order valence-corrected chi connectivity index (χ0v) is 13.6. The van der Waals surface area contributed by atoms with Crippen molar-refractivity contribution in [3.05, 3.63) is 0 Å². The Morgan fingerprint density at radius 2 is 1.59 bits per heavy atom. The molecular formula is C15H27N3O4. The number of amides is 2. The zero-order chi connectivity index (χ0) is 16.0. The summed E-state index contributed by atoms with van der Waals surface area (Å²) in [4.78, 5) is 28.4. The van der Waals surface area contributed by atoms with Crippen molar-refractivity contribution in [3.8, 4) is 0 Å². The summed E-state index contributed by atoms with van der Waals surface area (Å²) in [5.41, 5.74) is -0.404. The van der Waals surface area contributed by atoms with Crippen LogP contribution in [0.3, 0.4) is 0 Å². The second kappa shape index (κ2) is 7.89. The Morgan fingerprint density at radius 1 is 1.00 bits per heavy atom. The van der Waals surface area contributed by atoms with Gasteiger partial charge in [-0.3, -0.25) is 9.59 Å². The van der Waals surface area contributed by atoms with E-state index < -0.39 is 5.41 Å². The Hall–Kier alpha value is -1.18. The number of ether oxygens (including phenoxy) is 2. The lowest BCUT2D eigenvalue weighted by molar-refractivity contribution is -0.152. The number of rotatable bonds is 5. The number of hydrogen-bond acceptors (Lipinski definition) is 5. The number of carbonyl (C=O) groups excluding carboxylic acids is 2. The van der Waals surface area contributed by atoms with E-state index >= 15 is 0 Å². The van der Waals surface area contributed by atoms with Crippen LogP contribution in [0.4, 0.5) is 0 Å². The summed E-state index contributed by atoms with van der Waals surface area (Å²) in [5, 5.41) is 3.30. The van der Waals surface area contributed by atoms with Crippen LogP contribution in [-0.2, 0) is 19.1 Å². The largest absolute Gasteiger partial charge is 0.384 e. The van der Waals surface area contributed by atoms with Gasteiger partial charge in [-0.05, 0) is 25.9 Å². The molecule has 1 N–H and O–H groups in total. The second-order valence-electron chi connectivity index (χ2n) is 6.07. The average Bonchev–Trinajstić information content (AvgIpc) is 2.56. The van der Waals surface area contributed by atoms with Crippen molar-refractivity contribution >= 4 is 11.8 Å². The summed E-state index contributed by atoms with van der Waals surface area (Å²) in [7, 11) is 3.17. The van der Waals surface area contributed by atoms with E-state index in [0.717, 1.165) is 25.9 Å². The highest BCUT2D eigenvalue weighted by atomic mass is 16.5. The van der Waals surface area contributed by atoms with E-state index in [1.165, 1.54) is 7.11 Å². The summed E-state index contributed by atoms with van der Waals surface area (Å²) in [5.74, 6) is 0.165. The molecule has 0 aromatic heterocycles. The fourth-order valence-electron chi connectivity index (χ4n) is 3.31. The minimum atomic E-state index is -0.404. The number of piperazine rings is 1. The molecule has 0 unspecified atom stereocenters. The lowest BCUT2D eigenvalue weighted by Crippen LogP contribution is -2.57. The third kappa shape index (κ3) is 3.77. The molecule has 22 heavy (non-hydrogen) atoms. The van der Waals surface area contributed by atoms with Crippen molar-refractivity contribution < 1.29 is 19.1 Å². The van der Waals surface area contributed by atoms with Gasteiger partial charge in [-0.25, -0.2) is 0 Å². The molecule has 7 nitrogen and oxygen atoms in total. The number of hydrogen-bond donors (Lipinski definition) is 1. The van der Waals surface area contributed by atoms with Crippen LogP contribution in [0.1, 0.15) is 12.8 Å². The highest BCUT2D eigenvalue weighted by Gasteiger charge is 2.42. The van der Waals surface area contributed by atoms with Gasteiger partial charge >= 0.3 is 0 Å². The highest BCUT2D eigenvalue weighted by molar-refractivity contribution is 5.84.